The predicted molar refractivity (Wildman–Crippen MR) is 124 cm³/mol. The smallest absolute Gasteiger partial charge is 0.00847 e. The summed E-state index contributed by atoms with van der Waals surface area (Å²) in [5, 5.41) is 2.61. The molecule has 1 aliphatic carbocycles. The Bertz CT molecular complexity index is 1070. The topological polar surface area (TPSA) is 0 Å². The maximum atomic E-state index is 3.76. The molecular formula is C25H21I. The van der Waals surface area contributed by atoms with Gasteiger partial charge in [-0.2, -0.15) is 0 Å². The number of benzene rings is 3. The van der Waals surface area contributed by atoms with E-state index in [-0.39, 0.29) is 0 Å². The molecule has 0 aromatic heterocycles. The lowest BCUT2D eigenvalue weighted by atomic mass is 9.91. The third-order valence-corrected chi connectivity index (χ3v) is 6.02. The number of hydrogen-bond donors (Lipinski definition) is 0. The van der Waals surface area contributed by atoms with E-state index in [4.69, 9.17) is 0 Å². The van der Waals surface area contributed by atoms with Gasteiger partial charge in [-0.05, 0) is 102 Å². The lowest BCUT2D eigenvalue weighted by Gasteiger charge is -2.15. The summed E-state index contributed by atoms with van der Waals surface area (Å²) in [5.41, 5.74) is 8.00. The molecule has 1 heteroatoms. The fourth-order valence-corrected chi connectivity index (χ4v) is 4.28. The Balaban J connectivity index is 1.76. The molecule has 0 N–H and O–H groups in total. The van der Waals surface area contributed by atoms with Crippen LogP contribution >= 0.6 is 22.6 Å². The van der Waals surface area contributed by atoms with Crippen LogP contribution in [-0.2, 0) is 6.42 Å². The third kappa shape index (κ3) is 3.28. The molecule has 3 aromatic rings. The first-order valence-electron chi connectivity index (χ1n) is 8.97. The molecule has 0 radical (unpaired) electrons. The van der Waals surface area contributed by atoms with E-state index in [0.29, 0.717) is 0 Å². The van der Waals surface area contributed by atoms with E-state index in [1.54, 1.807) is 0 Å². The molecule has 0 bridgehead atoms. The van der Waals surface area contributed by atoms with Gasteiger partial charge in [0.1, 0.15) is 0 Å². The number of rotatable bonds is 3. The number of hydrogen-bond acceptors (Lipinski definition) is 0. The van der Waals surface area contributed by atoms with Gasteiger partial charge in [-0.15, -0.1) is 0 Å². The van der Waals surface area contributed by atoms with Crippen LogP contribution in [0.25, 0.3) is 34.1 Å². The Morgan fingerprint density at radius 2 is 1.77 bits per heavy atom. The van der Waals surface area contributed by atoms with Gasteiger partial charge in [0.15, 0.2) is 0 Å². The highest BCUT2D eigenvalue weighted by Gasteiger charge is 2.11. The van der Waals surface area contributed by atoms with E-state index < -0.39 is 0 Å². The van der Waals surface area contributed by atoms with E-state index in [1.165, 1.54) is 47.7 Å². The van der Waals surface area contributed by atoms with Gasteiger partial charge in [0.05, 0.1) is 0 Å². The van der Waals surface area contributed by atoms with Gasteiger partial charge in [-0.3, -0.25) is 0 Å². The quantitative estimate of drug-likeness (QED) is 0.284. The van der Waals surface area contributed by atoms with E-state index in [2.05, 4.69) is 96.8 Å². The zero-order chi connectivity index (χ0) is 18.1. The Labute approximate surface area is 169 Å². The summed E-state index contributed by atoms with van der Waals surface area (Å²) in [7, 11) is 0. The molecule has 0 amide bonds. The Hall–Kier alpha value is -2.13. The van der Waals surface area contributed by atoms with Gasteiger partial charge in [0.25, 0.3) is 0 Å². The maximum absolute atomic E-state index is 3.76. The summed E-state index contributed by atoms with van der Waals surface area (Å²) in [6.07, 6.45) is 10.5. The highest BCUT2D eigenvalue weighted by molar-refractivity contribution is 14.1. The summed E-state index contributed by atoms with van der Waals surface area (Å²) in [4.78, 5) is 0. The number of fused-ring (bicyclic) bond motifs is 2. The second kappa shape index (κ2) is 7.24. The van der Waals surface area contributed by atoms with Crippen LogP contribution in [0, 0.1) is 6.92 Å². The maximum Gasteiger partial charge on any atom is -0.00847 e. The Morgan fingerprint density at radius 1 is 0.962 bits per heavy atom. The molecule has 0 saturated carbocycles. The molecule has 4 rings (SSSR count). The van der Waals surface area contributed by atoms with Gasteiger partial charge < -0.3 is 0 Å². The van der Waals surface area contributed by atoms with Crippen LogP contribution in [0.5, 0.6) is 0 Å². The molecular weight excluding hydrogens is 427 g/mol. The van der Waals surface area contributed by atoms with Crippen molar-refractivity contribution in [2.75, 3.05) is 0 Å². The molecule has 0 fully saturated rings. The minimum atomic E-state index is 1.14. The molecule has 128 valence electrons. The summed E-state index contributed by atoms with van der Waals surface area (Å²) in [5.74, 6) is 0. The zero-order valence-corrected chi connectivity index (χ0v) is 17.1. The number of aryl methyl sites for hydroxylation is 2. The SMILES string of the molecule is C=C/C=C\c1ccc2cc(-c3ccc4c(c3)CCC(I)=C4)ccc2c1C. The standard InChI is InChI=1S/C25H21I/c1-3-4-5-18-6-9-23-15-21(11-13-25(23)17(18)2)19-7-8-22-16-24(26)12-10-20(22)14-19/h3-9,11,13-16H,1,10,12H2,2H3/b5-4-. The molecule has 0 heterocycles. The Kier molecular flexibility index (Phi) is 4.82. The van der Waals surface area contributed by atoms with Gasteiger partial charge >= 0.3 is 0 Å². The molecule has 0 spiro atoms. The zero-order valence-electron chi connectivity index (χ0n) is 14.9. The molecule has 0 atom stereocenters. The lowest BCUT2D eigenvalue weighted by Crippen LogP contribution is -1.96. The van der Waals surface area contributed by atoms with Crippen molar-refractivity contribution in [3.63, 3.8) is 0 Å². The number of halogens is 1. The fraction of sp³-hybridized carbons (Fsp3) is 0.120. The fourth-order valence-electron chi connectivity index (χ4n) is 3.67. The van der Waals surface area contributed by atoms with Crippen LogP contribution in [-0.4, -0.2) is 0 Å². The highest BCUT2D eigenvalue weighted by Crippen LogP contribution is 2.33. The van der Waals surface area contributed by atoms with Crippen molar-refractivity contribution >= 4 is 45.5 Å². The average Bonchev–Trinajstić information content (AvgIpc) is 2.67. The van der Waals surface area contributed by atoms with E-state index in [1.807, 2.05) is 12.2 Å². The van der Waals surface area contributed by atoms with E-state index in [0.717, 1.165) is 12.8 Å². The van der Waals surface area contributed by atoms with Crippen LogP contribution in [0.3, 0.4) is 0 Å². The summed E-state index contributed by atoms with van der Waals surface area (Å²) in [6, 6.07) is 18.1. The third-order valence-electron chi connectivity index (χ3n) is 5.16. The van der Waals surface area contributed by atoms with Crippen molar-refractivity contribution in [3.05, 3.63) is 93.1 Å². The molecule has 1 aliphatic rings. The van der Waals surface area contributed by atoms with Crippen LogP contribution in [0.1, 0.15) is 28.7 Å². The van der Waals surface area contributed by atoms with Crippen molar-refractivity contribution in [3.8, 4) is 11.1 Å². The van der Waals surface area contributed by atoms with E-state index >= 15 is 0 Å². The largest absolute Gasteiger partial charge is 0.0991 e. The van der Waals surface area contributed by atoms with Gasteiger partial charge in [-0.1, -0.05) is 67.3 Å². The molecule has 3 aromatic carbocycles. The predicted octanol–water partition coefficient (Wildman–Crippen LogP) is 7.74. The first-order valence-corrected chi connectivity index (χ1v) is 10.1. The Morgan fingerprint density at radius 3 is 2.62 bits per heavy atom. The van der Waals surface area contributed by atoms with Crippen LogP contribution < -0.4 is 0 Å². The first kappa shape index (κ1) is 17.3. The van der Waals surface area contributed by atoms with Crippen LogP contribution in [0.15, 0.2) is 70.8 Å². The van der Waals surface area contributed by atoms with E-state index in [9.17, 15) is 0 Å². The van der Waals surface area contributed by atoms with Crippen molar-refractivity contribution < 1.29 is 0 Å². The molecule has 0 saturated heterocycles. The van der Waals surface area contributed by atoms with Crippen LogP contribution in [0.2, 0.25) is 0 Å². The summed E-state index contributed by atoms with van der Waals surface area (Å²) in [6.45, 7) is 5.95. The minimum Gasteiger partial charge on any atom is -0.0991 e. The average molecular weight is 448 g/mol. The van der Waals surface area contributed by atoms with Gasteiger partial charge in [-0.25, -0.2) is 0 Å². The van der Waals surface area contributed by atoms with Crippen molar-refractivity contribution in [1.29, 1.82) is 0 Å². The van der Waals surface area contributed by atoms with Crippen LogP contribution in [0.4, 0.5) is 0 Å². The lowest BCUT2D eigenvalue weighted by molar-refractivity contribution is 0.981. The monoisotopic (exact) mass is 448 g/mol. The molecule has 26 heavy (non-hydrogen) atoms. The highest BCUT2D eigenvalue weighted by atomic mass is 127. The first-order chi connectivity index (χ1) is 12.7. The van der Waals surface area contributed by atoms with Crippen molar-refractivity contribution in [2.45, 2.75) is 19.8 Å². The van der Waals surface area contributed by atoms with Crippen molar-refractivity contribution in [1.82, 2.24) is 0 Å². The molecule has 0 nitrogen and oxygen atoms in total. The summed E-state index contributed by atoms with van der Waals surface area (Å²) < 4.78 is 1.45. The molecule has 0 unspecified atom stereocenters. The van der Waals surface area contributed by atoms with Crippen molar-refractivity contribution in [2.24, 2.45) is 0 Å². The normalized spacial score (nSPS) is 13.7. The van der Waals surface area contributed by atoms with Gasteiger partial charge in [0, 0.05) is 0 Å². The minimum absolute atomic E-state index is 1.14. The summed E-state index contributed by atoms with van der Waals surface area (Å²) >= 11 is 2.45. The number of allylic oxidation sites excluding steroid dienone is 3. The second-order valence-corrected chi connectivity index (χ2v) is 8.20. The molecule has 0 aliphatic heterocycles. The second-order valence-electron chi connectivity index (χ2n) is 6.82. The van der Waals surface area contributed by atoms with Gasteiger partial charge in [0.2, 0.25) is 0 Å².